The van der Waals surface area contributed by atoms with Crippen molar-refractivity contribution in [2.24, 2.45) is 0 Å². The van der Waals surface area contributed by atoms with Crippen molar-refractivity contribution in [3.05, 3.63) is 0 Å². The summed E-state index contributed by atoms with van der Waals surface area (Å²) in [7, 11) is 0. The Bertz CT molecular complexity index is 2410. The molecule has 0 N–H and O–H groups in total. The van der Waals surface area contributed by atoms with Crippen molar-refractivity contribution in [2.75, 3.05) is 25.2 Å². The first-order valence-electron chi connectivity index (χ1n) is 25.6. The number of halogens is 1. The van der Waals surface area contributed by atoms with Gasteiger partial charge in [-0.25, -0.2) is 0 Å². The number of ether oxygens (including phenoxy) is 20. The van der Waals surface area contributed by atoms with E-state index in [1.165, 1.54) is 0 Å². The van der Waals surface area contributed by atoms with Crippen LogP contribution in [-0.4, -0.2) is 226 Å². The number of hydrogen-bond donors (Lipinski definition) is 0. The molecule has 4 rings (SSSR count). The van der Waals surface area contributed by atoms with Gasteiger partial charge in [0, 0.05) is 95.3 Å². The van der Waals surface area contributed by atoms with Crippen LogP contribution < -0.4 is 0 Å². The Hall–Kier alpha value is -6.69. The summed E-state index contributed by atoms with van der Waals surface area (Å²) in [6.07, 6.45) is -37.1. The zero-order valence-electron chi connectivity index (χ0n) is 47.7. The maximum Gasteiger partial charge on any atom is 0.305 e. The molecule has 0 aromatic carbocycles. The summed E-state index contributed by atoms with van der Waals surface area (Å²) in [6, 6.07) is 0. The van der Waals surface area contributed by atoms with Crippen LogP contribution in [-0.2, 0) is 157 Å². The molecule has 0 amide bonds. The number of carbonyl (C=O) groups excluding carboxylic acids is 13. The molecule has 4 saturated heterocycles. The number of esters is 13. The summed E-state index contributed by atoms with van der Waals surface area (Å²) in [6.45, 7) is 10.2. The van der Waals surface area contributed by atoms with E-state index in [4.69, 9.17) is 94.7 Å². The van der Waals surface area contributed by atoms with Crippen LogP contribution in [0, 0.1) is 0 Å². The number of hydrogen-bond acceptors (Lipinski definition) is 33. The fraction of sp³-hybridized carbons (Fsp3) is 0.740. The highest BCUT2D eigenvalue weighted by molar-refractivity contribution is 9.09. The molecule has 4 fully saturated rings. The summed E-state index contributed by atoms with van der Waals surface area (Å²) in [5.74, 6) is -13.1. The average molecular weight is 1280 g/mol. The second-order valence-corrected chi connectivity index (χ2v) is 19.5. The summed E-state index contributed by atoms with van der Waals surface area (Å²) >= 11 is 3.32. The molecule has 472 valence electrons. The van der Waals surface area contributed by atoms with Crippen LogP contribution in [0.25, 0.3) is 0 Å². The van der Waals surface area contributed by atoms with E-state index >= 15 is 0 Å². The zero-order chi connectivity index (χ0) is 63.0. The van der Waals surface area contributed by atoms with E-state index in [2.05, 4.69) is 15.9 Å². The van der Waals surface area contributed by atoms with E-state index in [0.717, 1.165) is 90.0 Å². The van der Waals surface area contributed by atoms with Crippen molar-refractivity contribution >= 4 is 93.5 Å². The van der Waals surface area contributed by atoms with Gasteiger partial charge in [-0.3, -0.25) is 62.3 Å². The van der Waals surface area contributed by atoms with Crippen LogP contribution in [0.2, 0.25) is 0 Å². The Labute approximate surface area is 487 Å². The Morgan fingerprint density at radius 2 is 0.452 bits per heavy atom. The van der Waals surface area contributed by atoms with Crippen molar-refractivity contribution < 1.29 is 157 Å². The van der Waals surface area contributed by atoms with E-state index in [1.54, 1.807) is 0 Å². The predicted molar refractivity (Wildman–Crippen MR) is 265 cm³/mol. The number of carbonyl (C=O) groups is 13. The molecule has 0 aromatic rings. The molecule has 33 nitrogen and oxygen atoms in total. The Kier molecular flexibility index (Phi) is 26.6. The highest BCUT2D eigenvalue weighted by atomic mass is 79.9. The van der Waals surface area contributed by atoms with Crippen LogP contribution in [0.4, 0.5) is 0 Å². The van der Waals surface area contributed by atoms with Crippen LogP contribution in [0.15, 0.2) is 0 Å². The van der Waals surface area contributed by atoms with E-state index in [0.29, 0.717) is 0 Å². The van der Waals surface area contributed by atoms with E-state index in [9.17, 15) is 62.3 Å². The lowest BCUT2D eigenvalue weighted by Gasteiger charge is -2.51. The molecule has 20 atom stereocenters. The third-order valence-electron chi connectivity index (χ3n) is 11.7. The SMILES string of the molecule is CC(=O)OCC1OC(OC2C(COC(C)=O)OC(OC3C(CBr)OC(OC4C(COC(C)=O)OC(OC(C)=O)C(OC(C)=O)C4OC(C)=O)C(OC(C)=O)C3OC(C)=O)C(OC(C)=O)C2OC(C)=O)C(OC(C)=O)C(OC(C)=O)C1OC(C)=O. The van der Waals surface area contributed by atoms with Gasteiger partial charge < -0.3 is 94.7 Å². The fourth-order valence-corrected chi connectivity index (χ4v) is 9.61. The smallest absolute Gasteiger partial charge is 0.305 e. The molecule has 4 aliphatic heterocycles. The normalized spacial score (nSPS) is 32.7. The Morgan fingerprint density at radius 3 is 0.714 bits per heavy atom. The standard InChI is InChI=1S/C50H67BrO33/c1-18(52)65-15-32-36(68-21(4)55)40(70-23(6)57)45(75-28(11)62)50(80-32)84-38-34(17-67-20(3)54)81-49(46(76-29(12)63)42(38)72-25(8)59)82-35-31(14-51)78-48(44(74-27(10)61)39(35)69-22(5)56)83-37-33(16-66-19(2)53)79-47(77-30(13)64)43(73-26(9)60)41(37)71-24(7)58/h31-50H,14-17H2,1-13H3. The molecular formula is C50H67BrO33. The first-order chi connectivity index (χ1) is 39.3. The fourth-order valence-electron chi connectivity index (χ4n) is 9.09. The van der Waals surface area contributed by atoms with E-state index < -0.39 is 220 Å². The van der Waals surface area contributed by atoms with Gasteiger partial charge >= 0.3 is 77.6 Å². The summed E-state index contributed by atoms with van der Waals surface area (Å²) < 4.78 is 116. The molecule has 0 aromatic heterocycles. The van der Waals surface area contributed by atoms with Crippen LogP contribution in [0.5, 0.6) is 0 Å². The van der Waals surface area contributed by atoms with E-state index in [1.807, 2.05) is 0 Å². The highest BCUT2D eigenvalue weighted by Gasteiger charge is 2.61. The molecular weight excluding hydrogens is 1210 g/mol. The minimum Gasteiger partial charge on any atom is -0.463 e. The first kappa shape index (κ1) is 69.8. The Balaban J connectivity index is 1.93. The van der Waals surface area contributed by atoms with Crippen LogP contribution in [0.3, 0.4) is 0 Å². The van der Waals surface area contributed by atoms with Gasteiger partial charge in [-0.2, -0.15) is 0 Å². The van der Waals surface area contributed by atoms with Gasteiger partial charge in [-0.1, -0.05) is 15.9 Å². The van der Waals surface area contributed by atoms with E-state index in [-0.39, 0.29) is 5.33 Å². The molecule has 0 aliphatic carbocycles. The molecule has 84 heavy (non-hydrogen) atoms. The second kappa shape index (κ2) is 32.0. The quantitative estimate of drug-likeness (QED) is 0.0678. The topological polar surface area (TPSA) is 407 Å². The van der Waals surface area contributed by atoms with Gasteiger partial charge in [0.25, 0.3) is 0 Å². The first-order valence-corrected chi connectivity index (χ1v) is 26.7. The molecule has 0 bridgehead atoms. The monoisotopic (exact) mass is 1270 g/mol. The third-order valence-corrected chi connectivity index (χ3v) is 12.4. The van der Waals surface area contributed by atoms with Gasteiger partial charge in [0.2, 0.25) is 12.4 Å². The summed E-state index contributed by atoms with van der Waals surface area (Å²) in [5.41, 5.74) is 0. The number of rotatable bonds is 23. The molecule has 20 unspecified atom stereocenters. The van der Waals surface area contributed by atoms with Gasteiger partial charge in [-0.05, 0) is 0 Å². The molecule has 4 heterocycles. The molecule has 0 radical (unpaired) electrons. The maximum atomic E-state index is 13.2. The summed E-state index contributed by atoms with van der Waals surface area (Å²) in [5, 5.41) is -0.345. The van der Waals surface area contributed by atoms with Gasteiger partial charge in [-0.15, -0.1) is 0 Å². The van der Waals surface area contributed by atoms with Gasteiger partial charge in [0.15, 0.2) is 67.7 Å². The molecule has 34 heteroatoms. The van der Waals surface area contributed by atoms with Crippen molar-refractivity contribution in [1.29, 1.82) is 0 Å². The molecule has 0 saturated carbocycles. The lowest BCUT2D eigenvalue weighted by Crippen LogP contribution is -2.69. The van der Waals surface area contributed by atoms with Crippen molar-refractivity contribution in [2.45, 2.75) is 213 Å². The zero-order valence-corrected chi connectivity index (χ0v) is 49.3. The molecule has 4 aliphatic rings. The predicted octanol–water partition coefficient (Wildman–Crippen LogP) is -0.926. The lowest BCUT2D eigenvalue weighted by atomic mass is 9.95. The van der Waals surface area contributed by atoms with Gasteiger partial charge in [0.05, 0.1) is 0 Å². The lowest BCUT2D eigenvalue weighted by molar-refractivity contribution is -0.385. The highest BCUT2D eigenvalue weighted by Crippen LogP contribution is 2.40. The minimum absolute atomic E-state index is 0.345. The Morgan fingerprint density at radius 1 is 0.250 bits per heavy atom. The van der Waals surface area contributed by atoms with Crippen LogP contribution >= 0.6 is 15.9 Å². The van der Waals surface area contributed by atoms with Crippen molar-refractivity contribution in [3.8, 4) is 0 Å². The minimum atomic E-state index is -2.10. The average Bonchev–Trinajstić information content (AvgIpc) is 1.05. The maximum absolute atomic E-state index is 13.2. The largest absolute Gasteiger partial charge is 0.463 e. The molecule has 0 spiro atoms. The van der Waals surface area contributed by atoms with Crippen molar-refractivity contribution in [3.63, 3.8) is 0 Å². The third kappa shape index (κ3) is 20.5. The van der Waals surface area contributed by atoms with Crippen LogP contribution in [0.1, 0.15) is 90.0 Å². The second-order valence-electron chi connectivity index (χ2n) is 18.8. The summed E-state index contributed by atoms with van der Waals surface area (Å²) in [4.78, 5) is 165. The van der Waals surface area contributed by atoms with Gasteiger partial charge in [0.1, 0.15) is 62.5 Å². The van der Waals surface area contributed by atoms with Crippen molar-refractivity contribution in [1.82, 2.24) is 0 Å². The number of alkyl halides is 1.